The monoisotopic (exact) mass is 525 g/mol. The maximum absolute atomic E-state index is 13.1. The number of amides is 3. The quantitative estimate of drug-likeness (QED) is 0.260. The van der Waals surface area contributed by atoms with Crippen LogP contribution in [0.25, 0.3) is 11.1 Å². The third kappa shape index (κ3) is 7.55. The first-order valence-corrected chi connectivity index (χ1v) is 13.2. The normalized spacial score (nSPS) is 15.4. The predicted octanol–water partition coefficient (Wildman–Crippen LogP) is 3.64. The average Bonchev–Trinajstić information content (AvgIpc) is 2.98. The molecule has 8 nitrogen and oxygen atoms in total. The number of hydrogen-bond donors (Lipinski definition) is 5. The summed E-state index contributed by atoms with van der Waals surface area (Å²) >= 11 is 0. The van der Waals surface area contributed by atoms with Crippen LogP contribution >= 0.6 is 0 Å². The van der Waals surface area contributed by atoms with Crippen molar-refractivity contribution < 1.29 is 14.4 Å². The van der Waals surface area contributed by atoms with E-state index in [1.165, 1.54) is 11.8 Å². The Bertz CT molecular complexity index is 1340. The lowest BCUT2D eigenvalue weighted by molar-refractivity contribution is -0.126. The molecule has 1 aliphatic rings. The molecular weight excluding hydrogens is 490 g/mol. The fraction of sp³-hybridized carbons (Fsp3) is 0.258. The van der Waals surface area contributed by atoms with Gasteiger partial charge in [-0.15, -0.1) is 0 Å². The van der Waals surface area contributed by atoms with Crippen molar-refractivity contribution in [3.05, 3.63) is 102 Å². The van der Waals surface area contributed by atoms with Crippen molar-refractivity contribution >= 4 is 23.4 Å². The zero-order chi connectivity index (χ0) is 27.6. The molecule has 1 aliphatic carbocycles. The first kappa shape index (κ1) is 27.6. The maximum Gasteiger partial charge on any atom is 0.269 e. The zero-order valence-electron chi connectivity index (χ0n) is 22.3. The van der Waals surface area contributed by atoms with Gasteiger partial charge in [-0.25, -0.2) is 0 Å². The van der Waals surface area contributed by atoms with Gasteiger partial charge >= 0.3 is 0 Å². The molecule has 3 aromatic rings. The lowest BCUT2D eigenvalue weighted by Crippen LogP contribution is -2.45. The molecule has 8 heteroatoms. The number of hydrogen-bond acceptors (Lipinski definition) is 5. The van der Waals surface area contributed by atoms with E-state index in [9.17, 15) is 14.4 Å². The van der Waals surface area contributed by atoms with Crippen molar-refractivity contribution in [1.29, 1.82) is 0 Å². The van der Waals surface area contributed by atoms with Gasteiger partial charge in [0.2, 0.25) is 11.8 Å². The standard InChI is InChI=1S/C31H35N5O3/c1-21(32-2)30(38)36-28(19-33-25-15-8-14-24(18-25)22-10-4-3-5-11-22)31(39)34-20-29(37)35-27-17-9-13-23-12-6-7-16-26(23)27/h3-8,10-12,14-16,18-19,21,27,32-33H,9,13,17,20H2,1-2H3,(H,34,39)(H,35,37)(H,36,38)/b28-19+/t21-,27?/m0/s1. The molecule has 0 aliphatic heterocycles. The topological polar surface area (TPSA) is 111 Å². The van der Waals surface area contributed by atoms with E-state index in [0.717, 1.165) is 41.6 Å². The number of carbonyl (C=O) groups excluding carboxylic acids is 3. The SMILES string of the molecule is CN[C@@H](C)C(=O)N/C(=C/Nc1cccc(-c2ccccc2)c1)C(=O)NCC(=O)NC1CCCc2ccccc21. The summed E-state index contributed by atoms with van der Waals surface area (Å²) in [5, 5.41) is 14.3. The zero-order valence-corrected chi connectivity index (χ0v) is 22.3. The van der Waals surface area contributed by atoms with Crippen LogP contribution in [0, 0.1) is 0 Å². The van der Waals surface area contributed by atoms with Crippen LogP contribution in [-0.2, 0) is 20.8 Å². The number of benzene rings is 3. The van der Waals surface area contributed by atoms with Gasteiger partial charge in [0.1, 0.15) is 5.70 Å². The second-order valence-electron chi connectivity index (χ2n) is 9.54. The second-order valence-corrected chi connectivity index (χ2v) is 9.54. The molecule has 0 bridgehead atoms. The highest BCUT2D eigenvalue weighted by atomic mass is 16.2. The highest BCUT2D eigenvalue weighted by molar-refractivity contribution is 6.00. The molecule has 39 heavy (non-hydrogen) atoms. The summed E-state index contributed by atoms with van der Waals surface area (Å²) in [5.74, 6) is -1.23. The Morgan fingerprint density at radius 3 is 2.49 bits per heavy atom. The molecule has 0 fully saturated rings. The molecular formula is C31H35N5O3. The van der Waals surface area contributed by atoms with E-state index in [1.54, 1.807) is 14.0 Å². The van der Waals surface area contributed by atoms with E-state index < -0.39 is 11.9 Å². The van der Waals surface area contributed by atoms with Crippen LogP contribution in [0.1, 0.15) is 36.9 Å². The van der Waals surface area contributed by atoms with Crippen LogP contribution in [0.2, 0.25) is 0 Å². The number of aryl methyl sites for hydroxylation is 1. The molecule has 5 N–H and O–H groups in total. The van der Waals surface area contributed by atoms with Gasteiger partial charge in [0.25, 0.3) is 5.91 Å². The van der Waals surface area contributed by atoms with Crippen LogP contribution in [-0.4, -0.2) is 37.4 Å². The van der Waals surface area contributed by atoms with Gasteiger partial charge in [-0.1, -0.05) is 66.7 Å². The van der Waals surface area contributed by atoms with E-state index in [0.29, 0.717) is 0 Å². The molecule has 0 heterocycles. The fourth-order valence-electron chi connectivity index (χ4n) is 4.51. The molecule has 0 radical (unpaired) electrons. The number of nitrogens with one attached hydrogen (secondary N) is 5. The van der Waals surface area contributed by atoms with Gasteiger partial charge in [-0.3, -0.25) is 14.4 Å². The molecule has 202 valence electrons. The number of carbonyl (C=O) groups is 3. The summed E-state index contributed by atoms with van der Waals surface area (Å²) in [6.07, 6.45) is 4.29. The lowest BCUT2D eigenvalue weighted by atomic mass is 9.88. The van der Waals surface area contributed by atoms with Crippen LogP contribution in [0.3, 0.4) is 0 Å². The highest BCUT2D eigenvalue weighted by Gasteiger charge is 2.22. The Morgan fingerprint density at radius 1 is 0.949 bits per heavy atom. The van der Waals surface area contributed by atoms with Gasteiger partial charge in [0.05, 0.1) is 18.6 Å². The number of fused-ring (bicyclic) bond motifs is 1. The van der Waals surface area contributed by atoms with Crippen molar-refractivity contribution in [3.8, 4) is 11.1 Å². The molecule has 1 unspecified atom stereocenters. The van der Waals surface area contributed by atoms with E-state index in [4.69, 9.17) is 0 Å². The third-order valence-electron chi connectivity index (χ3n) is 6.80. The van der Waals surface area contributed by atoms with E-state index in [1.807, 2.05) is 72.8 Å². The Balaban J connectivity index is 1.42. The molecule has 0 saturated carbocycles. The molecule has 0 saturated heterocycles. The van der Waals surface area contributed by atoms with Gasteiger partial charge in [-0.05, 0) is 67.6 Å². The summed E-state index contributed by atoms with van der Waals surface area (Å²) in [6.45, 7) is 1.48. The first-order chi connectivity index (χ1) is 18.9. The summed E-state index contributed by atoms with van der Waals surface area (Å²) in [5.41, 5.74) is 5.18. The second kappa shape index (κ2) is 13.4. The maximum atomic E-state index is 13.1. The summed E-state index contributed by atoms with van der Waals surface area (Å²) in [7, 11) is 1.66. The largest absolute Gasteiger partial charge is 0.360 e. The van der Waals surface area contributed by atoms with Crippen molar-refractivity contribution in [2.24, 2.45) is 0 Å². The Labute approximate surface area is 229 Å². The third-order valence-corrected chi connectivity index (χ3v) is 6.80. The van der Waals surface area contributed by atoms with Crippen molar-refractivity contribution in [1.82, 2.24) is 21.3 Å². The Hall–Kier alpha value is -4.43. The Kier molecular flexibility index (Phi) is 9.48. The lowest BCUT2D eigenvalue weighted by Gasteiger charge is -2.26. The molecule has 3 amide bonds. The smallest absolute Gasteiger partial charge is 0.269 e. The minimum absolute atomic E-state index is 0.00280. The van der Waals surface area contributed by atoms with Crippen molar-refractivity contribution in [3.63, 3.8) is 0 Å². The van der Waals surface area contributed by atoms with Crippen molar-refractivity contribution in [2.75, 3.05) is 18.9 Å². The summed E-state index contributed by atoms with van der Waals surface area (Å²) in [4.78, 5) is 38.3. The van der Waals surface area contributed by atoms with Crippen molar-refractivity contribution in [2.45, 2.75) is 38.3 Å². The first-order valence-electron chi connectivity index (χ1n) is 13.2. The summed E-state index contributed by atoms with van der Waals surface area (Å²) in [6, 6.07) is 25.2. The predicted molar refractivity (Wildman–Crippen MR) is 154 cm³/mol. The van der Waals surface area contributed by atoms with Gasteiger partial charge in [-0.2, -0.15) is 0 Å². The molecule has 4 rings (SSSR count). The number of anilines is 1. The van der Waals surface area contributed by atoms with E-state index in [-0.39, 0.29) is 30.1 Å². The van der Waals surface area contributed by atoms with Crippen LogP contribution < -0.4 is 26.6 Å². The molecule has 2 atom stereocenters. The van der Waals surface area contributed by atoms with Gasteiger partial charge in [0.15, 0.2) is 0 Å². The van der Waals surface area contributed by atoms with E-state index in [2.05, 4.69) is 32.7 Å². The molecule has 3 aromatic carbocycles. The van der Waals surface area contributed by atoms with Gasteiger partial charge < -0.3 is 26.6 Å². The summed E-state index contributed by atoms with van der Waals surface area (Å²) < 4.78 is 0. The van der Waals surface area contributed by atoms with E-state index >= 15 is 0 Å². The number of rotatable bonds is 10. The van der Waals surface area contributed by atoms with Crippen LogP contribution in [0.4, 0.5) is 5.69 Å². The molecule has 0 aromatic heterocycles. The number of likely N-dealkylation sites (N-methyl/N-ethyl adjacent to an activating group) is 1. The minimum Gasteiger partial charge on any atom is -0.360 e. The average molecular weight is 526 g/mol. The van der Waals surface area contributed by atoms with Gasteiger partial charge in [0, 0.05) is 11.9 Å². The molecule has 0 spiro atoms. The minimum atomic E-state index is -0.572. The van der Waals surface area contributed by atoms with Crippen LogP contribution in [0.15, 0.2) is 90.8 Å². The van der Waals surface area contributed by atoms with Crippen LogP contribution in [0.5, 0.6) is 0 Å². The highest BCUT2D eigenvalue weighted by Crippen LogP contribution is 2.29. The fourth-order valence-corrected chi connectivity index (χ4v) is 4.51. The Morgan fingerprint density at radius 2 is 1.69 bits per heavy atom.